The maximum atomic E-state index is 12.4. The predicted molar refractivity (Wildman–Crippen MR) is 259 cm³/mol. The third-order valence-electron chi connectivity index (χ3n) is 11.1. The van der Waals surface area contributed by atoms with Gasteiger partial charge in [-0.05, 0) is 121 Å². The standard InChI is InChI=1S/C49H62N2O3S5/c1-5-9-13-17-21-33-27-41(55-32-33)44-35(23-19-15-11-7-3)29-43(58-44)46-36(24-20-16-12-8-4)30-42(59-46)45-34(22-18-14-10-6-2)28-40(57-45)39-26-25-37(56-39)31-38-47(52)50-49(54)51-48(38)53/h25-32H,5-24H2,1-4H3,(H2,50,51,52,53,54). The first kappa shape index (κ1) is 45.4. The molecule has 10 heteroatoms. The number of imide groups is 2. The van der Waals surface area contributed by atoms with Crippen molar-refractivity contribution >= 4 is 80.6 Å². The lowest BCUT2D eigenvalue weighted by atomic mass is 10.0. The topological polar surface area (TPSA) is 75.3 Å². The molecule has 0 aromatic carbocycles. The number of hydrogen-bond donors (Lipinski definition) is 2. The monoisotopic (exact) mass is 886 g/mol. The molecule has 1 saturated heterocycles. The number of carbonyl (C=O) groups excluding carboxylic acids is 3. The molecule has 1 aliphatic rings. The van der Waals surface area contributed by atoms with Crippen LogP contribution in [0.4, 0.5) is 4.79 Å². The molecular formula is C49H62N2O3S5. The Labute approximate surface area is 372 Å². The molecule has 2 N–H and O–H groups in total. The number of nitrogens with one attached hydrogen (secondary N) is 2. The van der Waals surface area contributed by atoms with Gasteiger partial charge in [0.05, 0.1) is 0 Å². The SMILES string of the molecule is CCCCCCc1csc(-c2sc(-c3sc(-c4sc(-c5ccc(C=C6C(=O)NC(=O)NC6=O)s5)cc4CCCCCC)cc3CCCCCC)cc2CCCCCC)c1. The Kier molecular flexibility index (Phi) is 17.8. The molecule has 6 heterocycles. The van der Waals surface area contributed by atoms with Gasteiger partial charge in [-0.25, -0.2) is 4.79 Å². The average molecular weight is 887 g/mol. The van der Waals surface area contributed by atoms with Crippen molar-refractivity contribution in [1.29, 1.82) is 0 Å². The number of thiophene rings is 5. The molecule has 0 saturated carbocycles. The van der Waals surface area contributed by atoms with Gasteiger partial charge in [0, 0.05) is 43.9 Å². The summed E-state index contributed by atoms with van der Waals surface area (Å²) in [6.07, 6.45) is 26.2. The van der Waals surface area contributed by atoms with Crippen LogP contribution in [-0.4, -0.2) is 17.8 Å². The molecule has 316 valence electrons. The first-order valence-corrected chi connectivity index (χ1v) is 26.4. The van der Waals surface area contributed by atoms with Crippen LogP contribution in [0.2, 0.25) is 0 Å². The summed E-state index contributed by atoms with van der Waals surface area (Å²) in [6, 6.07) is 13.2. The molecule has 0 aliphatic carbocycles. The minimum absolute atomic E-state index is 0.0538. The first-order valence-electron chi connectivity index (χ1n) is 22.3. The molecule has 0 bridgehead atoms. The molecule has 0 radical (unpaired) electrons. The fraction of sp³-hybridized carbons (Fsp3) is 0.490. The molecule has 5 nitrogen and oxygen atoms in total. The Morgan fingerprint density at radius 3 is 1.44 bits per heavy atom. The highest BCUT2D eigenvalue weighted by molar-refractivity contribution is 7.30. The maximum Gasteiger partial charge on any atom is 0.328 e. The van der Waals surface area contributed by atoms with E-state index in [0.29, 0.717) is 0 Å². The number of urea groups is 1. The number of unbranched alkanes of at least 4 members (excludes halogenated alkanes) is 12. The van der Waals surface area contributed by atoms with Crippen molar-refractivity contribution in [2.45, 2.75) is 156 Å². The quantitative estimate of drug-likeness (QED) is 0.0348. The van der Waals surface area contributed by atoms with Gasteiger partial charge in [0.2, 0.25) is 0 Å². The summed E-state index contributed by atoms with van der Waals surface area (Å²) in [4.78, 5) is 48.2. The summed E-state index contributed by atoms with van der Waals surface area (Å²) in [6.45, 7) is 9.14. The van der Waals surface area contributed by atoms with E-state index in [4.69, 9.17) is 0 Å². The first-order chi connectivity index (χ1) is 28.8. The van der Waals surface area contributed by atoms with Gasteiger partial charge in [0.15, 0.2) is 0 Å². The zero-order valence-electron chi connectivity index (χ0n) is 35.5. The van der Waals surface area contributed by atoms with Crippen LogP contribution in [0.1, 0.15) is 158 Å². The van der Waals surface area contributed by atoms with Gasteiger partial charge in [-0.3, -0.25) is 20.2 Å². The number of aryl methyl sites for hydroxylation is 4. The largest absolute Gasteiger partial charge is 0.328 e. The molecule has 1 fully saturated rings. The molecule has 0 spiro atoms. The smallest absolute Gasteiger partial charge is 0.273 e. The second kappa shape index (κ2) is 23.2. The van der Waals surface area contributed by atoms with Gasteiger partial charge in [-0.1, -0.05) is 105 Å². The lowest BCUT2D eigenvalue weighted by Gasteiger charge is -2.13. The summed E-state index contributed by atoms with van der Waals surface area (Å²) in [5.41, 5.74) is 5.88. The van der Waals surface area contributed by atoms with Crippen LogP contribution in [0.25, 0.3) is 45.1 Å². The van der Waals surface area contributed by atoms with Crippen LogP contribution in [0, 0.1) is 0 Å². The summed E-state index contributed by atoms with van der Waals surface area (Å²) in [5, 5.41) is 6.78. The zero-order valence-corrected chi connectivity index (χ0v) is 39.6. The Hall–Kier alpha value is -3.15. The van der Waals surface area contributed by atoms with Crippen molar-refractivity contribution in [3.8, 4) is 39.0 Å². The van der Waals surface area contributed by atoms with Crippen molar-refractivity contribution < 1.29 is 14.4 Å². The second-order valence-corrected chi connectivity index (χ2v) is 21.1. The van der Waals surface area contributed by atoms with E-state index in [1.165, 1.54) is 166 Å². The predicted octanol–water partition coefficient (Wildman–Crippen LogP) is 15.9. The van der Waals surface area contributed by atoms with E-state index >= 15 is 0 Å². The van der Waals surface area contributed by atoms with Crippen LogP contribution in [0.15, 0.2) is 47.4 Å². The molecule has 0 unspecified atom stereocenters. The van der Waals surface area contributed by atoms with Crippen LogP contribution < -0.4 is 10.6 Å². The van der Waals surface area contributed by atoms with Gasteiger partial charge in [-0.2, -0.15) is 0 Å². The number of amides is 4. The molecule has 59 heavy (non-hydrogen) atoms. The van der Waals surface area contributed by atoms with Crippen molar-refractivity contribution in [2.24, 2.45) is 0 Å². The van der Waals surface area contributed by atoms with Gasteiger partial charge in [-0.15, -0.1) is 56.7 Å². The van der Waals surface area contributed by atoms with E-state index in [1.54, 1.807) is 17.4 Å². The van der Waals surface area contributed by atoms with Gasteiger partial charge in [0.25, 0.3) is 11.8 Å². The molecule has 6 rings (SSSR count). The maximum absolute atomic E-state index is 12.4. The summed E-state index contributed by atoms with van der Waals surface area (Å²) in [7, 11) is 0. The van der Waals surface area contributed by atoms with Crippen LogP contribution in [0.5, 0.6) is 0 Å². The van der Waals surface area contributed by atoms with Gasteiger partial charge < -0.3 is 0 Å². The molecule has 0 atom stereocenters. The van der Waals surface area contributed by atoms with Crippen molar-refractivity contribution in [2.75, 3.05) is 0 Å². The third-order valence-corrected chi connectivity index (χ3v) is 17.3. The second-order valence-electron chi connectivity index (χ2n) is 16.0. The van der Waals surface area contributed by atoms with E-state index < -0.39 is 17.8 Å². The molecule has 5 aromatic heterocycles. The number of barbiturate groups is 1. The lowest BCUT2D eigenvalue weighted by Crippen LogP contribution is -2.51. The Morgan fingerprint density at radius 1 is 0.475 bits per heavy atom. The van der Waals surface area contributed by atoms with E-state index in [-0.39, 0.29) is 5.57 Å². The van der Waals surface area contributed by atoms with E-state index in [2.05, 4.69) is 74.0 Å². The number of carbonyl (C=O) groups is 3. The minimum atomic E-state index is -0.783. The van der Waals surface area contributed by atoms with Gasteiger partial charge >= 0.3 is 6.03 Å². The fourth-order valence-corrected chi connectivity index (χ4v) is 13.8. The van der Waals surface area contributed by atoms with Crippen LogP contribution in [-0.2, 0) is 35.3 Å². The van der Waals surface area contributed by atoms with E-state index in [0.717, 1.165) is 29.0 Å². The molecule has 1 aliphatic heterocycles. The Morgan fingerprint density at radius 2 is 0.932 bits per heavy atom. The van der Waals surface area contributed by atoms with Gasteiger partial charge in [0.1, 0.15) is 5.57 Å². The van der Waals surface area contributed by atoms with Crippen molar-refractivity contribution in [1.82, 2.24) is 10.6 Å². The minimum Gasteiger partial charge on any atom is -0.273 e. The molecular weight excluding hydrogens is 825 g/mol. The average Bonchev–Trinajstić information content (AvgIpc) is 4.07. The number of hydrogen-bond acceptors (Lipinski definition) is 8. The van der Waals surface area contributed by atoms with Crippen LogP contribution in [0.3, 0.4) is 0 Å². The van der Waals surface area contributed by atoms with E-state index in [9.17, 15) is 14.4 Å². The molecule has 5 aromatic rings. The highest BCUT2D eigenvalue weighted by atomic mass is 32.1. The highest BCUT2D eigenvalue weighted by Crippen LogP contribution is 2.50. The normalized spacial score (nSPS) is 13.1. The van der Waals surface area contributed by atoms with Crippen LogP contribution >= 0.6 is 56.7 Å². The highest BCUT2D eigenvalue weighted by Gasteiger charge is 2.28. The molecule has 4 amide bonds. The number of rotatable bonds is 25. The summed E-state index contributed by atoms with van der Waals surface area (Å²) >= 11 is 9.41. The zero-order chi connectivity index (χ0) is 41.6. The van der Waals surface area contributed by atoms with Crippen molar-refractivity contribution in [3.05, 3.63) is 74.5 Å². The lowest BCUT2D eigenvalue weighted by molar-refractivity contribution is -0.123. The fourth-order valence-electron chi connectivity index (χ4n) is 7.73. The van der Waals surface area contributed by atoms with Crippen molar-refractivity contribution in [3.63, 3.8) is 0 Å². The summed E-state index contributed by atoms with van der Waals surface area (Å²) < 4.78 is 0. The van der Waals surface area contributed by atoms with E-state index in [1.807, 2.05) is 51.4 Å². The third kappa shape index (κ3) is 12.5. The Balaban J connectivity index is 1.36. The summed E-state index contributed by atoms with van der Waals surface area (Å²) in [5.74, 6) is -1.33. The Bertz CT molecular complexity index is 2150.